The molecule has 4 heteroatoms. The van der Waals surface area contributed by atoms with Crippen molar-refractivity contribution in [2.75, 3.05) is 0 Å². The van der Waals surface area contributed by atoms with Gasteiger partial charge in [0.15, 0.2) is 0 Å². The van der Waals surface area contributed by atoms with Crippen molar-refractivity contribution in [1.82, 2.24) is 0 Å². The van der Waals surface area contributed by atoms with Crippen LogP contribution in [0.5, 0.6) is 0 Å². The van der Waals surface area contributed by atoms with Gasteiger partial charge < -0.3 is 0 Å². The molecule has 0 saturated heterocycles. The van der Waals surface area contributed by atoms with E-state index in [0.29, 0.717) is 0 Å². The first-order chi connectivity index (χ1) is 17.4. The Morgan fingerprint density at radius 1 is 0.500 bits per heavy atom. The fourth-order valence-corrected chi connectivity index (χ4v) is 14.0. The minimum absolute atomic E-state index is 0.262. The molecule has 0 nitrogen and oxygen atoms in total. The molecule has 1 aliphatic carbocycles. The second kappa shape index (κ2) is 20.5. The van der Waals surface area contributed by atoms with Gasteiger partial charge >= 0.3 is 146 Å². The first-order valence-electron chi connectivity index (χ1n) is 13.4. The average molecular weight is 760 g/mol. The summed E-state index contributed by atoms with van der Waals surface area (Å²) in [5.41, 5.74) is 2.69. The zero-order valence-corrected chi connectivity index (χ0v) is 29.4. The molecule has 0 N–H and O–H groups in total. The maximum atomic E-state index is 4.67. The first kappa shape index (κ1) is 33.6. The van der Waals surface area contributed by atoms with Crippen molar-refractivity contribution in [2.24, 2.45) is 0 Å². The Morgan fingerprint density at radius 2 is 0.722 bits per heavy atom. The van der Waals surface area contributed by atoms with E-state index in [0.717, 1.165) is 17.0 Å². The van der Waals surface area contributed by atoms with E-state index in [4.69, 9.17) is 0 Å². The molecule has 3 aromatic carbocycles. The first-order valence-corrected chi connectivity index (χ1v) is 21.2. The molecular formula is C32H46ClGeOsP. The molecular weight excluding hydrogens is 714 g/mol. The molecule has 0 unspecified atom stereocenters. The Hall–Kier alpha value is -0.441. The summed E-state index contributed by atoms with van der Waals surface area (Å²) in [6, 6.07) is 32.8. The van der Waals surface area contributed by atoms with Gasteiger partial charge in [-0.15, -0.1) is 0 Å². The molecule has 0 aromatic heterocycles. The summed E-state index contributed by atoms with van der Waals surface area (Å²) < 4.78 is 4.50. The summed E-state index contributed by atoms with van der Waals surface area (Å²) in [5, 5.41) is 0. The number of hydrogen-bond donors (Lipinski definition) is 0. The molecule has 0 atom stereocenters. The molecule has 0 bridgehead atoms. The van der Waals surface area contributed by atoms with Crippen LogP contribution in [0.25, 0.3) is 0 Å². The second-order valence-corrected chi connectivity index (χ2v) is 19.2. The van der Waals surface area contributed by atoms with Gasteiger partial charge in [-0.2, -0.15) is 0 Å². The molecule has 0 spiro atoms. The molecule has 1 saturated carbocycles. The van der Waals surface area contributed by atoms with Crippen molar-refractivity contribution >= 4 is 45.1 Å². The van der Waals surface area contributed by atoms with Gasteiger partial charge in [-0.05, 0) is 17.0 Å². The predicted molar refractivity (Wildman–Crippen MR) is 165 cm³/mol. The van der Waals surface area contributed by atoms with Crippen molar-refractivity contribution < 1.29 is 17.6 Å². The molecule has 1 aliphatic rings. The van der Waals surface area contributed by atoms with Crippen molar-refractivity contribution in [1.29, 1.82) is 0 Å². The van der Waals surface area contributed by atoms with E-state index >= 15 is 0 Å². The van der Waals surface area contributed by atoms with Crippen molar-refractivity contribution in [3.63, 3.8) is 0 Å². The minimum atomic E-state index is -1.63. The van der Waals surface area contributed by atoms with Crippen LogP contribution in [0.4, 0.5) is 0 Å². The molecule has 1 radical (unpaired) electrons. The zero-order chi connectivity index (χ0) is 26.8. The van der Waals surface area contributed by atoms with E-state index < -0.39 is 14.3 Å². The Morgan fingerprint density at radius 3 is 0.889 bits per heavy atom. The van der Waals surface area contributed by atoms with Gasteiger partial charge in [0.05, 0.1) is 0 Å². The zero-order valence-electron chi connectivity index (χ0n) is 23.1. The molecule has 3 aromatic rings. The van der Waals surface area contributed by atoms with Gasteiger partial charge in [-0.25, -0.2) is 0 Å². The predicted octanol–water partition coefficient (Wildman–Crippen LogP) is 8.53. The number of hydrogen-bond acceptors (Lipinski definition) is 0. The average Bonchev–Trinajstić information content (AvgIpc) is 3.48. The van der Waals surface area contributed by atoms with E-state index in [1.807, 2.05) is 0 Å². The third-order valence-electron chi connectivity index (χ3n) is 6.23. The van der Waals surface area contributed by atoms with Crippen LogP contribution in [0.1, 0.15) is 73.6 Å². The van der Waals surface area contributed by atoms with Gasteiger partial charge in [0.1, 0.15) is 0 Å². The normalized spacial score (nSPS) is 12.6. The Labute approximate surface area is 242 Å². The standard InChI is InChI=1S/C18H15Ge.C9H21P.C5H10.ClH.Os/c1-4-10-16(11-5-1)19(17-12-6-2-7-13-17)18-14-8-3-9-15-18;1-7(2)10(8(3)4)9(5)6;1-2-4-5-3-1;;/h1-15H;7-9H,1-6H3;1-5H2;1H;/q;;;;+1/p-1. The molecule has 198 valence electrons. The second-order valence-electron chi connectivity index (χ2n) is 9.97. The fraction of sp³-hybridized carbons (Fsp3) is 0.438. The van der Waals surface area contributed by atoms with Crippen LogP contribution < -0.4 is 13.2 Å². The SMILES string of the molecule is C1CCCC1.CC(C)P(C(C)C)C(C)C.[Cl][Os].c1cc[c]([Ge]([c]2ccccc2)[c]2ccccc2)cc1. The summed E-state index contributed by atoms with van der Waals surface area (Å²) in [5.74, 6) is 0. The quantitative estimate of drug-likeness (QED) is 0.175. The van der Waals surface area contributed by atoms with Crippen molar-refractivity contribution in [3.05, 3.63) is 91.0 Å². The summed E-state index contributed by atoms with van der Waals surface area (Å²) >= 11 is -0.299. The maximum absolute atomic E-state index is 4.67. The van der Waals surface area contributed by atoms with E-state index in [1.165, 1.54) is 62.9 Å². The van der Waals surface area contributed by atoms with Crippen LogP contribution in [-0.4, -0.2) is 31.3 Å². The molecule has 0 aliphatic heterocycles. The Balaban J connectivity index is 0.000000319. The van der Waals surface area contributed by atoms with E-state index in [9.17, 15) is 0 Å². The fourth-order valence-electron chi connectivity index (χ4n) is 4.99. The number of benzene rings is 3. The Kier molecular flexibility index (Phi) is 19.1. The van der Waals surface area contributed by atoms with Gasteiger partial charge in [0, 0.05) is 0 Å². The topological polar surface area (TPSA) is 0 Å². The van der Waals surface area contributed by atoms with Crippen LogP contribution in [-0.2, 0) is 17.6 Å². The summed E-state index contributed by atoms with van der Waals surface area (Å²) in [6.45, 7) is 14.1. The third kappa shape index (κ3) is 12.9. The monoisotopic (exact) mass is 762 g/mol. The van der Waals surface area contributed by atoms with Crippen LogP contribution in [0.2, 0.25) is 0 Å². The van der Waals surface area contributed by atoms with E-state index in [-0.39, 0.29) is 7.92 Å². The van der Waals surface area contributed by atoms with E-state index in [1.54, 1.807) is 0 Å². The van der Waals surface area contributed by atoms with Gasteiger partial charge in [-0.3, -0.25) is 0 Å². The van der Waals surface area contributed by atoms with Gasteiger partial charge in [0.25, 0.3) is 0 Å². The van der Waals surface area contributed by atoms with Crippen LogP contribution in [0.3, 0.4) is 0 Å². The number of rotatable bonds is 6. The summed E-state index contributed by atoms with van der Waals surface area (Å²) in [6.07, 6.45) is 7.50. The Bertz CT molecular complexity index is 763. The molecule has 36 heavy (non-hydrogen) atoms. The van der Waals surface area contributed by atoms with Crippen LogP contribution in [0, 0.1) is 0 Å². The third-order valence-corrected chi connectivity index (χ3v) is 15.5. The van der Waals surface area contributed by atoms with Crippen molar-refractivity contribution in [2.45, 2.75) is 90.6 Å². The van der Waals surface area contributed by atoms with Crippen LogP contribution >= 0.6 is 17.6 Å². The van der Waals surface area contributed by atoms with Gasteiger partial charge in [0.2, 0.25) is 0 Å². The molecule has 0 amide bonds. The van der Waals surface area contributed by atoms with Crippen molar-refractivity contribution in [3.8, 4) is 0 Å². The van der Waals surface area contributed by atoms with E-state index in [2.05, 4.69) is 142 Å². The van der Waals surface area contributed by atoms with Gasteiger partial charge in [-0.1, -0.05) is 81.6 Å². The molecule has 0 heterocycles. The van der Waals surface area contributed by atoms with Crippen LogP contribution in [0.15, 0.2) is 91.0 Å². The molecule has 4 rings (SSSR count). The summed E-state index contributed by atoms with van der Waals surface area (Å²) in [4.78, 5) is 0. The summed E-state index contributed by atoms with van der Waals surface area (Å²) in [7, 11) is 4.93. The molecule has 1 fully saturated rings. The number of halogens is 1.